The van der Waals surface area contributed by atoms with Crippen molar-refractivity contribution in [2.24, 2.45) is 0 Å². The zero-order valence-electron chi connectivity index (χ0n) is 16.8. The van der Waals surface area contributed by atoms with Crippen molar-refractivity contribution in [2.45, 2.75) is 12.5 Å². The van der Waals surface area contributed by atoms with E-state index in [4.69, 9.17) is 9.47 Å². The van der Waals surface area contributed by atoms with Crippen LogP contribution < -0.4 is 14.4 Å². The SMILES string of the molecule is COc1cccc(C2=CC(C)(c3cccc(OC)c3)N(C)c3ccccc32)c1. The molecule has 3 heteroatoms. The molecule has 0 saturated heterocycles. The molecule has 1 aliphatic heterocycles. The van der Waals surface area contributed by atoms with E-state index < -0.39 is 0 Å². The molecule has 3 nitrogen and oxygen atoms in total. The number of para-hydroxylation sites is 1. The second-order valence-corrected chi connectivity index (χ2v) is 7.25. The maximum absolute atomic E-state index is 5.48. The van der Waals surface area contributed by atoms with E-state index in [9.17, 15) is 0 Å². The highest BCUT2D eigenvalue weighted by atomic mass is 16.5. The third-order valence-electron chi connectivity index (χ3n) is 5.71. The Balaban J connectivity index is 1.95. The van der Waals surface area contributed by atoms with Crippen LogP contribution in [0.5, 0.6) is 11.5 Å². The van der Waals surface area contributed by atoms with Gasteiger partial charge in [-0.3, -0.25) is 0 Å². The monoisotopic (exact) mass is 371 g/mol. The molecular weight excluding hydrogens is 346 g/mol. The Hall–Kier alpha value is -3.20. The van der Waals surface area contributed by atoms with Crippen molar-refractivity contribution in [2.75, 3.05) is 26.2 Å². The summed E-state index contributed by atoms with van der Waals surface area (Å²) >= 11 is 0. The fourth-order valence-corrected chi connectivity index (χ4v) is 3.94. The molecule has 0 aromatic heterocycles. The third-order valence-corrected chi connectivity index (χ3v) is 5.71. The molecule has 1 heterocycles. The Bertz CT molecular complexity index is 1040. The van der Waals surface area contributed by atoms with Crippen LogP contribution in [0, 0.1) is 0 Å². The summed E-state index contributed by atoms with van der Waals surface area (Å²) in [5.41, 5.74) is 5.64. The quantitative estimate of drug-likeness (QED) is 0.604. The van der Waals surface area contributed by atoms with E-state index in [1.54, 1.807) is 14.2 Å². The van der Waals surface area contributed by atoms with Gasteiger partial charge in [-0.2, -0.15) is 0 Å². The first-order valence-electron chi connectivity index (χ1n) is 9.42. The molecule has 0 saturated carbocycles. The van der Waals surface area contributed by atoms with Crippen molar-refractivity contribution in [3.63, 3.8) is 0 Å². The van der Waals surface area contributed by atoms with Crippen LogP contribution in [0.1, 0.15) is 23.6 Å². The van der Waals surface area contributed by atoms with Crippen LogP contribution in [0.15, 0.2) is 78.9 Å². The summed E-state index contributed by atoms with van der Waals surface area (Å²) in [6, 6.07) is 25.1. The molecule has 4 rings (SSSR count). The minimum atomic E-state index is -0.318. The second kappa shape index (κ2) is 7.08. The lowest BCUT2D eigenvalue weighted by Gasteiger charge is -2.44. The van der Waals surface area contributed by atoms with Gasteiger partial charge in [0.15, 0.2) is 0 Å². The van der Waals surface area contributed by atoms with E-state index in [2.05, 4.69) is 73.5 Å². The Kier molecular flexibility index (Phi) is 4.60. The van der Waals surface area contributed by atoms with Gasteiger partial charge in [-0.05, 0) is 60.0 Å². The Morgan fingerprint density at radius 2 is 1.46 bits per heavy atom. The van der Waals surface area contributed by atoms with Crippen molar-refractivity contribution < 1.29 is 9.47 Å². The fraction of sp³-hybridized carbons (Fsp3) is 0.200. The van der Waals surface area contributed by atoms with Crippen LogP contribution in [0.4, 0.5) is 5.69 Å². The maximum atomic E-state index is 5.48. The zero-order chi connectivity index (χ0) is 19.7. The highest BCUT2D eigenvalue weighted by Crippen LogP contribution is 2.46. The predicted octanol–water partition coefficient (Wildman–Crippen LogP) is 5.50. The van der Waals surface area contributed by atoms with Crippen molar-refractivity contribution in [3.05, 3.63) is 95.6 Å². The van der Waals surface area contributed by atoms with Crippen LogP contribution in [0.2, 0.25) is 0 Å². The maximum Gasteiger partial charge on any atom is 0.119 e. The molecule has 0 fully saturated rings. The number of rotatable bonds is 4. The summed E-state index contributed by atoms with van der Waals surface area (Å²) in [4.78, 5) is 2.33. The lowest BCUT2D eigenvalue weighted by molar-refractivity contribution is 0.412. The summed E-state index contributed by atoms with van der Waals surface area (Å²) in [5, 5.41) is 0. The molecule has 1 aliphatic rings. The first kappa shape index (κ1) is 18.2. The van der Waals surface area contributed by atoms with Crippen LogP contribution >= 0.6 is 0 Å². The van der Waals surface area contributed by atoms with E-state index >= 15 is 0 Å². The predicted molar refractivity (Wildman–Crippen MR) is 115 cm³/mol. The van der Waals surface area contributed by atoms with Gasteiger partial charge in [0.2, 0.25) is 0 Å². The molecule has 3 aromatic carbocycles. The van der Waals surface area contributed by atoms with Crippen molar-refractivity contribution in [1.29, 1.82) is 0 Å². The molecule has 28 heavy (non-hydrogen) atoms. The van der Waals surface area contributed by atoms with Crippen LogP contribution in [0.3, 0.4) is 0 Å². The summed E-state index contributed by atoms with van der Waals surface area (Å²) in [5.74, 6) is 1.72. The Morgan fingerprint density at radius 1 is 0.786 bits per heavy atom. The van der Waals surface area contributed by atoms with Gasteiger partial charge in [0.25, 0.3) is 0 Å². The van der Waals surface area contributed by atoms with Crippen LogP contribution in [0.25, 0.3) is 5.57 Å². The summed E-state index contributed by atoms with van der Waals surface area (Å²) in [6.07, 6.45) is 2.35. The molecule has 0 amide bonds. The molecule has 0 radical (unpaired) electrons. The van der Waals surface area contributed by atoms with Gasteiger partial charge in [0, 0.05) is 18.3 Å². The van der Waals surface area contributed by atoms with E-state index in [1.165, 1.54) is 22.4 Å². The van der Waals surface area contributed by atoms with Gasteiger partial charge >= 0.3 is 0 Å². The molecule has 0 spiro atoms. The van der Waals surface area contributed by atoms with Crippen LogP contribution in [-0.4, -0.2) is 21.3 Å². The lowest BCUT2D eigenvalue weighted by atomic mass is 9.80. The van der Waals surface area contributed by atoms with Crippen LogP contribution in [-0.2, 0) is 5.54 Å². The number of ether oxygens (including phenoxy) is 2. The number of anilines is 1. The van der Waals surface area contributed by atoms with E-state index in [-0.39, 0.29) is 5.54 Å². The minimum Gasteiger partial charge on any atom is -0.497 e. The number of hydrogen-bond donors (Lipinski definition) is 0. The van der Waals surface area contributed by atoms with Gasteiger partial charge in [0.1, 0.15) is 11.5 Å². The highest BCUT2D eigenvalue weighted by Gasteiger charge is 2.36. The molecule has 1 unspecified atom stereocenters. The first-order chi connectivity index (χ1) is 13.6. The minimum absolute atomic E-state index is 0.318. The van der Waals surface area contributed by atoms with Crippen molar-refractivity contribution >= 4 is 11.3 Å². The number of benzene rings is 3. The average Bonchev–Trinajstić information content (AvgIpc) is 2.76. The number of nitrogens with zero attached hydrogens (tertiary/aromatic N) is 1. The topological polar surface area (TPSA) is 21.7 Å². The van der Waals surface area contributed by atoms with E-state index in [1.807, 2.05) is 24.3 Å². The van der Waals surface area contributed by atoms with E-state index in [0.717, 1.165) is 17.1 Å². The fourth-order valence-electron chi connectivity index (χ4n) is 3.94. The lowest BCUT2D eigenvalue weighted by Crippen LogP contribution is -2.42. The standard InChI is InChI=1S/C25H25NO2/c1-25(19-10-8-12-21(16-19)28-4)17-23(18-9-7-11-20(15-18)27-3)22-13-5-6-14-24(22)26(25)2/h5-17H,1-4H3. The zero-order valence-corrected chi connectivity index (χ0v) is 16.8. The van der Waals surface area contributed by atoms with Crippen molar-refractivity contribution in [3.8, 4) is 11.5 Å². The average molecular weight is 371 g/mol. The second-order valence-electron chi connectivity index (χ2n) is 7.25. The normalized spacial score (nSPS) is 18.3. The van der Waals surface area contributed by atoms with Gasteiger partial charge in [0.05, 0.1) is 19.8 Å². The van der Waals surface area contributed by atoms with Gasteiger partial charge in [-0.25, -0.2) is 0 Å². The van der Waals surface area contributed by atoms with Crippen molar-refractivity contribution in [1.82, 2.24) is 0 Å². The molecule has 3 aromatic rings. The number of likely N-dealkylation sites (N-methyl/N-ethyl adjacent to an activating group) is 1. The molecule has 1 atom stereocenters. The number of methoxy groups -OCH3 is 2. The molecule has 142 valence electrons. The summed E-state index contributed by atoms with van der Waals surface area (Å²) < 4.78 is 10.9. The largest absolute Gasteiger partial charge is 0.497 e. The summed E-state index contributed by atoms with van der Waals surface area (Å²) in [6.45, 7) is 2.25. The molecule has 0 bridgehead atoms. The molecular formula is C25H25NO2. The van der Waals surface area contributed by atoms with E-state index in [0.29, 0.717) is 0 Å². The third kappa shape index (κ3) is 2.93. The summed E-state index contributed by atoms with van der Waals surface area (Å²) in [7, 11) is 5.56. The number of hydrogen-bond acceptors (Lipinski definition) is 3. The smallest absolute Gasteiger partial charge is 0.119 e. The highest BCUT2D eigenvalue weighted by molar-refractivity contribution is 5.90. The van der Waals surface area contributed by atoms with Gasteiger partial charge < -0.3 is 14.4 Å². The Morgan fingerprint density at radius 3 is 2.21 bits per heavy atom. The van der Waals surface area contributed by atoms with Gasteiger partial charge in [-0.15, -0.1) is 0 Å². The number of fused-ring (bicyclic) bond motifs is 1. The first-order valence-corrected chi connectivity index (χ1v) is 9.42. The Labute approximate surface area is 166 Å². The molecule has 0 N–H and O–H groups in total. The molecule has 0 aliphatic carbocycles. The van der Waals surface area contributed by atoms with Gasteiger partial charge in [-0.1, -0.05) is 42.5 Å².